The van der Waals surface area contributed by atoms with Crippen LogP contribution in [0.3, 0.4) is 0 Å². The maximum atomic E-state index is 11.5. The smallest absolute Gasteiger partial charge is 0.170 e. The Morgan fingerprint density at radius 3 is 2.93 bits per heavy atom. The standard InChI is InChI=1S/C11H10O3/c1-7(12)8-3-2-4-9-10(13)5-6-14-11(8)9/h2-4H,5-6H2,1H3. The Morgan fingerprint density at radius 2 is 2.21 bits per heavy atom. The summed E-state index contributed by atoms with van der Waals surface area (Å²) in [6.07, 6.45) is 0.397. The van der Waals surface area contributed by atoms with Crippen molar-refractivity contribution in [2.75, 3.05) is 6.61 Å². The molecule has 0 bridgehead atoms. The second-order valence-corrected chi connectivity index (χ2v) is 3.26. The maximum absolute atomic E-state index is 11.5. The summed E-state index contributed by atoms with van der Waals surface area (Å²) in [7, 11) is 0. The van der Waals surface area contributed by atoms with Gasteiger partial charge in [0, 0.05) is 6.42 Å². The van der Waals surface area contributed by atoms with Crippen LogP contribution < -0.4 is 4.74 Å². The summed E-state index contributed by atoms with van der Waals surface area (Å²) in [5.41, 5.74) is 1.03. The normalized spacial score (nSPS) is 14.5. The lowest BCUT2D eigenvalue weighted by Gasteiger charge is -2.18. The van der Waals surface area contributed by atoms with Crippen LogP contribution in [0.15, 0.2) is 18.2 Å². The van der Waals surface area contributed by atoms with Crippen LogP contribution in [-0.4, -0.2) is 18.2 Å². The molecule has 0 radical (unpaired) electrons. The number of benzene rings is 1. The van der Waals surface area contributed by atoms with Crippen LogP contribution in [0.1, 0.15) is 34.1 Å². The molecule has 0 aliphatic carbocycles. The number of ketones is 2. The van der Waals surface area contributed by atoms with Crippen LogP contribution >= 0.6 is 0 Å². The zero-order valence-electron chi connectivity index (χ0n) is 7.87. The number of para-hydroxylation sites is 1. The van der Waals surface area contributed by atoms with Gasteiger partial charge in [-0.15, -0.1) is 0 Å². The minimum atomic E-state index is -0.0726. The highest BCUT2D eigenvalue weighted by Gasteiger charge is 2.22. The average molecular weight is 190 g/mol. The highest BCUT2D eigenvalue weighted by atomic mass is 16.5. The van der Waals surface area contributed by atoms with Gasteiger partial charge in [0.25, 0.3) is 0 Å². The van der Waals surface area contributed by atoms with Gasteiger partial charge in [-0.2, -0.15) is 0 Å². The summed E-state index contributed by atoms with van der Waals surface area (Å²) in [5.74, 6) is 0.433. The molecule has 14 heavy (non-hydrogen) atoms. The molecule has 3 heteroatoms. The van der Waals surface area contributed by atoms with Gasteiger partial charge in [-0.25, -0.2) is 0 Å². The van der Waals surface area contributed by atoms with Crippen LogP contribution in [0.2, 0.25) is 0 Å². The van der Waals surface area contributed by atoms with Crippen LogP contribution in [0, 0.1) is 0 Å². The number of fused-ring (bicyclic) bond motifs is 1. The molecule has 1 aromatic rings. The molecule has 1 heterocycles. The third kappa shape index (κ3) is 1.31. The number of hydrogen-bond donors (Lipinski definition) is 0. The van der Waals surface area contributed by atoms with E-state index in [-0.39, 0.29) is 11.6 Å². The van der Waals surface area contributed by atoms with E-state index in [0.717, 1.165) is 0 Å². The van der Waals surface area contributed by atoms with Crippen molar-refractivity contribution >= 4 is 11.6 Å². The van der Waals surface area contributed by atoms with Gasteiger partial charge >= 0.3 is 0 Å². The van der Waals surface area contributed by atoms with Crippen molar-refractivity contribution in [1.82, 2.24) is 0 Å². The minimum Gasteiger partial charge on any atom is -0.492 e. The van der Waals surface area contributed by atoms with E-state index < -0.39 is 0 Å². The number of carbonyl (C=O) groups excluding carboxylic acids is 2. The molecule has 3 nitrogen and oxygen atoms in total. The van der Waals surface area contributed by atoms with E-state index in [0.29, 0.717) is 29.9 Å². The third-order valence-electron chi connectivity index (χ3n) is 2.27. The summed E-state index contributed by atoms with van der Waals surface area (Å²) in [6.45, 7) is 1.84. The van der Waals surface area contributed by atoms with Gasteiger partial charge in [-0.1, -0.05) is 6.07 Å². The van der Waals surface area contributed by atoms with Crippen LogP contribution in [0.5, 0.6) is 5.75 Å². The topological polar surface area (TPSA) is 43.4 Å². The molecule has 0 fully saturated rings. The van der Waals surface area contributed by atoms with Gasteiger partial charge in [0.15, 0.2) is 11.6 Å². The molecule has 0 saturated heterocycles. The second-order valence-electron chi connectivity index (χ2n) is 3.26. The lowest BCUT2D eigenvalue weighted by atomic mass is 10.00. The highest BCUT2D eigenvalue weighted by Crippen LogP contribution is 2.28. The summed E-state index contributed by atoms with van der Waals surface area (Å²) in [5, 5.41) is 0. The lowest BCUT2D eigenvalue weighted by Crippen LogP contribution is -2.17. The van der Waals surface area contributed by atoms with Crippen molar-refractivity contribution < 1.29 is 14.3 Å². The molecule has 72 valence electrons. The largest absolute Gasteiger partial charge is 0.492 e. The van der Waals surface area contributed by atoms with E-state index in [1.807, 2.05) is 0 Å². The Labute approximate surface area is 81.7 Å². The van der Waals surface area contributed by atoms with Crippen LogP contribution in [0.4, 0.5) is 0 Å². The quantitative estimate of drug-likeness (QED) is 0.635. The van der Waals surface area contributed by atoms with Crippen LogP contribution in [0.25, 0.3) is 0 Å². The number of Topliss-reactive ketones (excluding diaryl/α,β-unsaturated/α-hetero) is 2. The molecular weight excluding hydrogens is 180 g/mol. The summed E-state index contributed by atoms with van der Waals surface area (Å²) < 4.78 is 5.34. The van der Waals surface area contributed by atoms with Crippen molar-refractivity contribution in [2.45, 2.75) is 13.3 Å². The van der Waals surface area contributed by atoms with Crippen molar-refractivity contribution in [1.29, 1.82) is 0 Å². The lowest BCUT2D eigenvalue weighted by molar-refractivity contribution is 0.0931. The molecule has 1 aliphatic heterocycles. The fraction of sp³-hybridized carbons (Fsp3) is 0.273. The number of carbonyl (C=O) groups is 2. The molecule has 0 aromatic heterocycles. The fourth-order valence-electron chi connectivity index (χ4n) is 1.57. The first-order chi connectivity index (χ1) is 6.70. The SMILES string of the molecule is CC(=O)c1cccc2c1OCCC2=O. The molecule has 0 amide bonds. The molecular formula is C11H10O3. The van der Waals surface area contributed by atoms with E-state index >= 15 is 0 Å². The molecule has 0 saturated carbocycles. The van der Waals surface area contributed by atoms with Gasteiger partial charge in [0.1, 0.15) is 5.75 Å². The maximum Gasteiger partial charge on any atom is 0.170 e. The van der Waals surface area contributed by atoms with E-state index in [9.17, 15) is 9.59 Å². The second kappa shape index (κ2) is 3.25. The number of rotatable bonds is 1. The first-order valence-corrected chi connectivity index (χ1v) is 4.50. The molecule has 0 spiro atoms. The van der Waals surface area contributed by atoms with Gasteiger partial charge in [-0.05, 0) is 19.1 Å². The van der Waals surface area contributed by atoms with Gasteiger partial charge in [0.05, 0.1) is 17.7 Å². The van der Waals surface area contributed by atoms with Crippen molar-refractivity contribution in [2.24, 2.45) is 0 Å². The van der Waals surface area contributed by atoms with Crippen LogP contribution in [-0.2, 0) is 0 Å². The predicted molar refractivity (Wildman–Crippen MR) is 50.9 cm³/mol. The van der Waals surface area contributed by atoms with E-state index in [1.54, 1.807) is 18.2 Å². The monoisotopic (exact) mass is 190 g/mol. The average Bonchev–Trinajstić information content (AvgIpc) is 2.17. The Morgan fingerprint density at radius 1 is 1.43 bits per heavy atom. The molecule has 0 N–H and O–H groups in total. The van der Waals surface area contributed by atoms with Crippen molar-refractivity contribution in [3.8, 4) is 5.75 Å². The summed E-state index contributed by atoms with van der Waals surface area (Å²) in [4.78, 5) is 22.7. The third-order valence-corrected chi connectivity index (χ3v) is 2.27. The summed E-state index contributed by atoms with van der Waals surface area (Å²) in [6, 6.07) is 5.09. The van der Waals surface area contributed by atoms with Gasteiger partial charge < -0.3 is 4.74 Å². The first-order valence-electron chi connectivity index (χ1n) is 4.50. The first kappa shape index (κ1) is 8.94. The van der Waals surface area contributed by atoms with E-state index in [2.05, 4.69) is 0 Å². The molecule has 2 rings (SSSR count). The highest BCUT2D eigenvalue weighted by molar-refractivity contribution is 6.05. The van der Waals surface area contributed by atoms with E-state index in [4.69, 9.17) is 4.74 Å². The molecule has 0 unspecified atom stereocenters. The van der Waals surface area contributed by atoms with Crippen molar-refractivity contribution in [3.63, 3.8) is 0 Å². The molecule has 1 aromatic carbocycles. The minimum absolute atomic E-state index is 0.0503. The van der Waals surface area contributed by atoms with Crippen molar-refractivity contribution in [3.05, 3.63) is 29.3 Å². The number of ether oxygens (including phenoxy) is 1. The van der Waals surface area contributed by atoms with E-state index in [1.165, 1.54) is 6.92 Å². The Kier molecular flexibility index (Phi) is 2.08. The fourth-order valence-corrected chi connectivity index (χ4v) is 1.57. The van der Waals surface area contributed by atoms with Gasteiger partial charge in [0.2, 0.25) is 0 Å². The predicted octanol–water partition coefficient (Wildman–Crippen LogP) is 1.85. The zero-order valence-corrected chi connectivity index (χ0v) is 7.87. The summed E-state index contributed by atoms with van der Waals surface area (Å²) >= 11 is 0. The Bertz CT molecular complexity index is 393. The van der Waals surface area contributed by atoms with Gasteiger partial charge in [-0.3, -0.25) is 9.59 Å². The Balaban J connectivity index is 2.60. The molecule has 1 aliphatic rings. The number of hydrogen-bond acceptors (Lipinski definition) is 3. The Hall–Kier alpha value is -1.64. The molecule has 0 atom stereocenters. The zero-order chi connectivity index (χ0) is 10.1.